The quantitative estimate of drug-likeness (QED) is 0.644. The van der Waals surface area contributed by atoms with Crippen molar-refractivity contribution >= 4 is 34.7 Å². The van der Waals surface area contributed by atoms with Crippen molar-refractivity contribution in [3.8, 4) is 11.5 Å². The van der Waals surface area contributed by atoms with Gasteiger partial charge in [-0.1, -0.05) is 17.7 Å². The summed E-state index contributed by atoms with van der Waals surface area (Å²) in [6.45, 7) is 4.09. The standard InChI is InChI=1S/C21H18ClN3O3/c1-12-7-13(2)20(16(22)8-12)25-21(26)14-3-6-19(23-10-14)24-15-4-5-17-18(9-15)28-11-27-17/h3-10H,11H2,1-2H3,(H,23,24)(H,25,26). The van der Waals surface area contributed by atoms with Gasteiger partial charge in [-0.25, -0.2) is 4.98 Å². The Morgan fingerprint density at radius 1 is 1.07 bits per heavy atom. The van der Waals surface area contributed by atoms with Crippen molar-refractivity contribution in [2.24, 2.45) is 0 Å². The summed E-state index contributed by atoms with van der Waals surface area (Å²) in [6, 6.07) is 12.8. The third-order valence-electron chi connectivity index (χ3n) is 4.34. The fraction of sp³-hybridized carbons (Fsp3) is 0.143. The summed E-state index contributed by atoms with van der Waals surface area (Å²) in [5.41, 5.74) is 3.82. The molecule has 0 unspecified atom stereocenters. The Hall–Kier alpha value is -3.25. The van der Waals surface area contributed by atoms with Crippen LogP contribution in [0.3, 0.4) is 0 Å². The van der Waals surface area contributed by atoms with Crippen LogP contribution in [0.2, 0.25) is 5.02 Å². The monoisotopic (exact) mass is 395 g/mol. The summed E-state index contributed by atoms with van der Waals surface area (Å²) in [4.78, 5) is 16.9. The van der Waals surface area contributed by atoms with Gasteiger partial charge in [0.25, 0.3) is 5.91 Å². The van der Waals surface area contributed by atoms with Crippen molar-refractivity contribution in [3.63, 3.8) is 0 Å². The number of aromatic nitrogens is 1. The summed E-state index contributed by atoms with van der Waals surface area (Å²) < 4.78 is 10.7. The number of hydrogen-bond acceptors (Lipinski definition) is 5. The van der Waals surface area contributed by atoms with E-state index in [4.69, 9.17) is 21.1 Å². The Balaban J connectivity index is 1.46. The lowest BCUT2D eigenvalue weighted by Crippen LogP contribution is -2.13. The number of anilines is 3. The van der Waals surface area contributed by atoms with Gasteiger partial charge >= 0.3 is 0 Å². The molecule has 1 aliphatic rings. The molecule has 7 heteroatoms. The van der Waals surface area contributed by atoms with Crippen LogP contribution in [-0.4, -0.2) is 17.7 Å². The molecule has 2 N–H and O–H groups in total. The predicted octanol–water partition coefficient (Wildman–Crippen LogP) is 5.08. The normalized spacial score (nSPS) is 12.0. The molecule has 0 radical (unpaired) electrons. The molecule has 28 heavy (non-hydrogen) atoms. The summed E-state index contributed by atoms with van der Waals surface area (Å²) in [6.07, 6.45) is 1.52. The molecule has 0 atom stereocenters. The van der Waals surface area contributed by atoms with Gasteiger partial charge in [0.15, 0.2) is 11.5 Å². The SMILES string of the molecule is Cc1cc(C)c(NC(=O)c2ccc(Nc3ccc4c(c3)OCO4)nc2)c(Cl)c1. The summed E-state index contributed by atoms with van der Waals surface area (Å²) in [5, 5.41) is 6.55. The summed E-state index contributed by atoms with van der Waals surface area (Å²) in [5.74, 6) is 1.75. The van der Waals surface area contributed by atoms with Gasteiger partial charge in [-0.05, 0) is 55.3 Å². The van der Waals surface area contributed by atoms with Crippen molar-refractivity contribution in [1.29, 1.82) is 0 Å². The number of carbonyl (C=O) groups excluding carboxylic acids is 1. The highest BCUT2D eigenvalue weighted by atomic mass is 35.5. The molecule has 3 aromatic rings. The molecule has 2 heterocycles. The number of nitrogens with zero attached hydrogens (tertiary/aromatic N) is 1. The van der Waals surface area contributed by atoms with Crippen LogP contribution >= 0.6 is 11.6 Å². The number of hydrogen-bond donors (Lipinski definition) is 2. The summed E-state index contributed by atoms with van der Waals surface area (Å²) >= 11 is 6.26. The van der Waals surface area contributed by atoms with E-state index in [1.807, 2.05) is 44.2 Å². The minimum absolute atomic E-state index is 0.227. The third-order valence-corrected chi connectivity index (χ3v) is 4.64. The van der Waals surface area contributed by atoms with Gasteiger partial charge in [-0.2, -0.15) is 0 Å². The smallest absolute Gasteiger partial charge is 0.257 e. The van der Waals surface area contributed by atoms with Crippen LogP contribution in [0.25, 0.3) is 0 Å². The van der Waals surface area contributed by atoms with Crippen molar-refractivity contribution in [1.82, 2.24) is 4.98 Å². The van der Waals surface area contributed by atoms with Crippen molar-refractivity contribution in [3.05, 3.63) is 70.4 Å². The molecule has 0 bridgehead atoms. The minimum Gasteiger partial charge on any atom is -0.454 e. The van der Waals surface area contributed by atoms with Crippen molar-refractivity contribution in [2.75, 3.05) is 17.4 Å². The second kappa shape index (κ2) is 7.40. The number of fused-ring (bicyclic) bond motifs is 1. The molecule has 1 aliphatic heterocycles. The molecule has 0 saturated carbocycles. The van der Waals surface area contributed by atoms with Gasteiger partial charge in [-0.3, -0.25) is 4.79 Å². The van der Waals surface area contributed by atoms with E-state index in [0.717, 1.165) is 22.6 Å². The van der Waals surface area contributed by atoms with E-state index in [1.165, 1.54) is 6.20 Å². The average molecular weight is 396 g/mol. The number of aryl methyl sites for hydroxylation is 2. The van der Waals surface area contributed by atoms with Gasteiger partial charge in [0.1, 0.15) is 5.82 Å². The van der Waals surface area contributed by atoms with Crippen molar-refractivity contribution < 1.29 is 14.3 Å². The maximum Gasteiger partial charge on any atom is 0.257 e. The number of pyridine rings is 1. The Morgan fingerprint density at radius 2 is 1.89 bits per heavy atom. The molecule has 6 nitrogen and oxygen atoms in total. The lowest BCUT2D eigenvalue weighted by atomic mass is 10.1. The number of amides is 1. The van der Waals surface area contributed by atoms with E-state index in [0.29, 0.717) is 27.8 Å². The van der Waals surface area contributed by atoms with E-state index in [1.54, 1.807) is 12.1 Å². The second-order valence-corrected chi connectivity index (χ2v) is 6.93. The minimum atomic E-state index is -0.268. The molecule has 0 spiro atoms. The van der Waals surface area contributed by atoms with Gasteiger partial charge in [-0.15, -0.1) is 0 Å². The average Bonchev–Trinajstić information content (AvgIpc) is 3.13. The topological polar surface area (TPSA) is 72.5 Å². The molecule has 142 valence electrons. The Labute approximate surface area is 167 Å². The van der Waals surface area contributed by atoms with Gasteiger partial charge in [0, 0.05) is 18.0 Å². The van der Waals surface area contributed by atoms with Crippen LogP contribution in [0.5, 0.6) is 11.5 Å². The number of rotatable bonds is 4. The highest BCUT2D eigenvalue weighted by molar-refractivity contribution is 6.34. The highest BCUT2D eigenvalue weighted by Crippen LogP contribution is 2.35. The molecular formula is C21H18ClN3O3. The maximum absolute atomic E-state index is 12.5. The number of benzene rings is 2. The van der Waals surface area contributed by atoms with Crippen molar-refractivity contribution in [2.45, 2.75) is 13.8 Å². The van der Waals surface area contributed by atoms with Crippen LogP contribution in [0.1, 0.15) is 21.5 Å². The Bertz CT molecular complexity index is 1030. The van der Waals surface area contributed by atoms with Gasteiger partial charge in [0.05, 0.1) is 16.3 Å². The highest BCUT2D eigenvalue weighted by Gasteiger charge is 2.14. The molecule has 0 saturated heterocycles. The number of ether oxygens (including phenoxy) is 2. The Kier molecular flexibility index (Phi) is 4.79. The Morgan fingerprint density at radius 3 is 2.64 bits per heavy atom. The number of halogens is 1. The zero-order valence-corrected chi connectivity index (χ0v) is 16.1. The molecule has 4 rings (SSSR count). The van der Waals surface area contributed by atoms with Gasteiger partial charge in [0.2, 0.25) is 6.79 Å². The molecule has 1 aromatic heterocycles. The first-order valence-corrected chi connectivity index (χ1v) is 9.08. The fourth-order valence-corrected chi connectivity index (χ4v) is 3.35. The third kappa shape index (κ3) is 3.73. The molecule has 1 amide bonds. The van der Waals surface area contributed by atoms with E-state index in [2.05, 4.69) is 15.6 Å². The summed E-state index contributed by atoms with van der Waals surface area (Å²) in [7, 11) is 0. The maximum atomic E-state index is 12.5. The first kappa shape index (κ1) is 18.1. The molecule has 2 aromatic carbocycles. The van der Waals surface area contributed by atoms with Crippen LogP contribution in [0.15, 0.2) is 48.7 Å². The second-order valence-electron chi connectivity index (χ2n) is 6.52. The first-order valence-electron chi connectivity index (χ1n) is 8.70. The van der Waals surface area contributed by atoms with E-state index >= 15 is 0 Å². The molecular weight excluding hydrogens is 378 g/mol. The predicted molar refractivity (Wildman–Crippen MR) is 109 cm³/mol. The number of carbonyl (C=O) groups is 1. The lowest BCUT2D eigenvalue weighted by Gasteiger charge is -2.12. The first-order chi connectivity index (χ1) is 13.5. The van der Waals surface area contributed by atoms with E-state index in [-0.39, 0.29) is 12.7 Å². The van der Waals surface area contributed by atoms with E-state index in [9.17, 15) is 4.79 Å². The van der Waals surface area contributed by atoms with E-state index < -0.39 is 0 Å². The zero-order valence-electron chi connectivity index (χ0n) is 15.4. The zero-order chi connectivity index (χ0) is 19.7. The van der Waals surface area contributed by atoms with Crippen LogP contribution in [-0.2, 0) is 0 Å². The van der Waals surface area contributed by atoms with Crippen LogP contribution in [0, 0.1) is 13.8 Å². The van der Waals surface area contributed by atoms with Gasteiger partial charge < -0.3 is 20.1 Å². The van der Waals surface area contributed by atoms with Crippen LogP contribution in [0.4, 0.5) is 17.2 Å². The fourth-order valence-electron chi connectivity index (χ4n) is 2.98. The largest absolute Gasteiger partial charge is 0.454 e. The van der Waals surface area contributed by atoms with Crippen LogP contribution < -0.4 is 20.1 Å². The molecule has 0 aliphatic carbocycles. The molecule has 0 fully saturated rings. The number of nitrogens with one attached hydrogen (secondary N) is 2. The lowest BCUT2D eigenvalue weighted by molar-refractivity contribution is 0.102.